The molecule has 1 atom stereocenters. The lowest BCUT2D eigenvalue weighted by Gasteiger charge is -2.36. The lowest BCUT2D eigenvalue weighted by Crippen LogP contribution is -2.52. The van der Waals surface area contributed by atoms with Gasteiger partial charge in [0.25, 0.3) is 0 Å². The first-order chi connectivity index (χ1) is 12.3. The van der Waals surface area contributed by atoms with Crippen LogP contribution in [0.5, 0.6) is 0 Å². The summed E-state index contributed by atoms with van der Waals surface area (Å²) in [5.74, 6) is 1.76. The van der Waals surface area contributed by atoms with Gasteiger partial charge in [-0.1, -0.05) is 6.92 Å². The summed E-state index contributed by atoms with van der Waals surface area (Å²) < 4.78 is 5.45. The van der Waals surface area contributed by atoms with E-state index >= 15 is 0 Å². The van der Waals surface area contributed by atoms with E-state index in [1.807, 2.05) is 32.7 Å². The number of nitrogens with zero attached hydrogens (tertiary/aromatic N) is 4. The van der Waals surface area contributed by atoms with Crippen molar-refractivity contribution in [3.63, 3.8) is 0 Å². The number of carbonyl (C=O) groups excluding carboxylic acids is 1. The Morgan fingerprint density at radius 1 is 1.15 bits per heavy atom. The van der Waals surface area contributed by atoms with E-state index in [0.29, 0.717) is 0 Å². The largest absolute Gasteiger partial charge is 0.444 e. The maximum Gasteiger partial charge on any atom is 0.410 e. The molecule has 0 radical (unpaired) electrons. The summed E-state index contributed by atoms with van der Waals surface area (Å²) in [5, 5.41) is 3.50. The van der Waals surface area contributed by atoms with Crippen LogP contribution in [-0.4, -0.2) is 91.8 Å². The number of likely N-dealkylation sites (tertiary alicyclic amines) is 1. The molecule has 0 aromatic carbocycles. The first-order valence-corrected chi connectivity index (χ1v) is 9.94. The van der Waals surface area contributed by atoms with Gasteiger partial charge in [-0.05, 0) is 39.5 Å². The molecule has 0 aromatic heterocycles. The van der Waals surface area contributed by atoms with E-state index in [9.17, 15) is 4.79 Å². The second-order valence-electron chi connectivity index (χ2n) is 8.48. The molecule has 1 unspecified atom stereocenters. The molecule has 0 bridgehead atoms. The van der Waals surface area contributed by atoms with Crippen LogP contribution in [0.25, 0.3) is 0 Å². The quantitative estimate of drug-likeness (QED) is 0.609. The molecule has 0 spiro atoms. The molecule has 2 fully saturated rings. The van der Waals surface area contributed by atoms with Crippen molar-refractivity contribution in [1.82, 2.24) is 20.0 Å². The van der Waals surface area contributed by atoms with Crippen LogP contribution in [0.3, 0.4) is 0 Å². The van der Waals surface area contributed by atoms with Gasteiger partial charge < -0.3 is 19.9 Å². The SMILES string of the molecule is CN=C(NCCN1CCN(C(=O)OC(C)(C)C)CC1)N1CCCC(C)C1. The van der Waals surface area contributed by atoms with E-state index in [1.54, 1.807) is 0 Å². The average molecular weight is 368 g/mol. The molecule has 1 N–H and O–H groups in total. The highest BCUT2D eigenvalue weighted by atomic mass is 16.6. The topological polar surface area (TPSA) is 60.4 Å². The summed E-state index contributed by atoms with van der Waals surface area (Å²) in [5.41, 5.74) is -0.431. The van der Waals surface area contributed by atoms with Crippen LogP contribution in [0, 0.1) is 5.92 Å². The molecule has 7 heteroatoms. The van der Waals surface area contributed by atoms with Gasteiger partial charge in [-0.2, -0.15) is 0 Å². The fourth-order valence-electron chi connectivity index (χ4n) is 3.52. The predicted molar refractivity (Wildman–Crippen MR) is 106 cm³/mol. The Labute approximate surface area is 158 Å². The molecule has 2 saturated heterocycles. The molecule has 1 amide bonds. The summed E-state index contributed by atoms with van der Waals surface area (Å²) in [7, 11) is 1.86. The molecule has 2 heterocycles. The van der Waals surface area contributed by atoms with Gasteiger partial charge in [0.2, 0.25) is 0 Å². The maximum atomic E-state index is 12.1. The summed E-state index contributed by atoms with van der Waals surface area (Å²) >= 11 is 0. The van der Waals surface area contributed by atoms with Crippen LogP contribution in [0.2, 0.25) is 0 Å². The minimum atomic E-state index is -0.431. The first kappa shape index (κ1) is 20.8. The standard InChI is InChI=1S/C19H37N5O2/c1-16-7-6-9-24(15-16)17(20-5)21-8-10-22-11-13-23(14-12-22)18(25)26-19(2,3)4/h16H,6-15H2,1-5H3,(H,20,21). The molecule has 7 nitrogen and oxygen atoms in total. The number of nitrogens with one attached hydrogen (secondary N) is 1. The highest BCUT2D eigenvalue weighted by Crippen LogP contribution is 2.15. The van der Waals surface area contributed by atoms with Crippen LogP contribution in [0.1, 0.15) is 40.5 Å². The van der Waals surface area contributed by atoms with Gasteiger partial charge in [-0.3, -0.25) is 9.89 Å². The number of ether oxygens (including phenoxy) is 1. The Bertz CT molecular complexity index is 481. The lowest BCUT2D eigenvalue weighted by atomic mass is 10.0. The number of piperazine rings is 1. The summed E-state index contributed by atoms with van der Waals surface area (Å²) in [4.78, 5) is 23.1. The first-order valence-electron chi connectivity index (χ1n) is 9.94. The molecule has 0 saturated carbocycles. The van der Waals surface area contributed by atoms with Crippen molar-refractivity contribution < 1.29 is 9.53 Å². The van der Waals surface area contributed by atoms with Gasteiger partial charge in [-0.15, -0.1) is 0 Å². The smallest absolute Gasteiger partial charge is 0.410 e. The Morgan fingerprint density at radius 3 is 2.42 bits per heavy atom. The minimum Gasteiger partial charge on any atom is -0.444 e. The average Bonchev–Trinajstić information content (AvgIpc) is 2.58. The van der Waals surface area contributed by atoms with Crippen molar-refractivity contribution in [1.29, 1.82) is 0 Å². The van der Waals surface area contributed by atoms with Crippen LogP contribution >= 0.6 is 0 Å². The molecule has 150 valence electrons. The molecule has 2 aliphatic heterocycles. The minimum absolute atomic E-state index is 0.199. The van der Waals surface area contributed by atoms with Crippen molar-refractivity contribution >= 4 is 12.1 Å². The van der Waals surface area contributed by atoms with E-state index in [4.69, 9.17) is 4.74 Å². The van der Waals surface area contributed by atoms with E-state index in [2.05, 4.69) is 27.0 Å². The van der Waals surface area contributed by atoms with Gasteiger partial charge in [0.05, 0.1) is 0 Å². The number of amides is 1. The van der Waals surface area contributed by atoms with Gasteiger partial charge >= 0.3 is 6.09 Å². The Morgan fingerprint density at radius 2 is 1.85 bits per heavy atom. The van der Waals surface area contributed by atoms with E-state index in [0.717, 1.165) is 64.2 Å². The van der Waals surface area contributed by atoms with E-state index in [-0.39, 0.29) is 6.09 Å². The highest BCUT2D eigenvalue weighted by molar-refractivity contribution is 5.80. The van der Waals surface area contributed by atoms with Crippen LogP contribution in [0.15, 0.2) is 4.99 Å². The molecular weight excluding hydrogens is 330 g/mol. The number of aliphatic imine (C=N–C) groups is 1. The monoisotopic (exact) mass is 367 g/mol. The number of guanidine groups is 1. The van der Waals surface area contributed by atoms with Crippen LogP contribution < -0.4 is 5.32 Å². The van der Waals surface area contributed by atoms with Crippen LogP contribution in [0.4, 0.5) is 4.79 Å². The Kier molecular flexibility index (Phi) is 7.55. The second kappa shape index (κ2) is 9.44. The summed E-state index contributed by atoms with van der Waals surface area (Å²) in [6, 6.07) is 0. The zero-order valence-electron chi connectivity index (χ0n) is 17.3. The third kappa shape index (κ3) is 6.67. The number of carbonyl (C=O) groups is 1. The number of rotatable bonds is 3. The van der Waals surface area contributed by atoms with Gasteiger partial charge in [0, 0.05) is 59.4 Å². The zero-order valence-corrected chi connectivity index (χ0v) is 17.3. The molecule has 0 aromatic rings. The molecule has 26 heavy (non-hydrogen) atoms. The van der Waals surface area contributed by atoms with Crippen molar-refractivity contribution in [2.24, 2.45) is 10.9 Å². The summed E-state index contributed by atoms with van der Waals surface area (Å²) in [6.07, 6.45) is 2.36. The third-order valence-corrected chi connectivity index (χ3v) is 4.90. The van der Waals surface area contributed by atoms with Gasteiger partial charge in [0.1, 0.15) is 5.60 Å². The van der Waals surface area contributed by atoms with Crippen LogP contribution in [-0.2, 0) is 4.74 Å². The van der Waals surface area contributed by atoms with E-state index in [1.165, 1.54) is 12.8 Å². The van der Waals surface area contributed by atoms with Crippen molar-refractivity contribution in [3.8, 4) is 0 Å². The van der Waals surface area contributed by atoms with E-state index < -0.39 is 5.60 Å². The fourth-order valence-corrected chi connectivity index (χ4v) is 3.52. The molecular formula is C19H37N5O2. The lowest BCUT2D eigenvalue weighted by molar-refractivity contribution is 0.0147. The second-order valence-corrected chi connectivity index (χ2v) is 8.48. The molecule has 0 aliphatic carbocycles. The number of hydrogen-bond acceptors (Lipinski definition) is 4. The Hall–Kier alpha value is -1.50. The van der Waals surface area contributed by atoms with Crippen molar-refractivity contribution in [2.45, 2.75) is 46.1 Å². The van der Waals surface area contributed by atoms with Gasteiger partial charge in [-0.25, -0.2) is 4.79 Å². The van der Waals surface area contributed by atoms with Crippen molar-refractivity contribution in [3.05, 3.63) is 0 Å². The normalized spacial score (nSPS) is 23.1. The predicted octanol–water partition coefficient (Wildman–Crippen LogP) is 1.85. The van der Waals surface area contributed by atoms with Gasteiger partial charge in [0.15, 0.2) is 5.96 Å². The highest BCUT2D eigenvalue weighted by Gasteiger charge is 2.26. The summed E-state index contributed by atoms with van der Waals surface area (Å²) in [6.45, 7) is 15.3. The molecule has 2 aliphatic rings. The molecule has 2 rings (SSSR count). The van der Waals surface area contributed by atoms with Crippen molar-refractivity contribution in [2.75, 3.05) is 59.4 Å². The third-order valence-electron chi connectivity index (χ3n) is 4.90. The fraction of sp³-hybridized carbons (Fsp3) is 0.895. The maximum absolute atomic E-state index is 12.1. The number of piperidine rings is 1. The number of hydrogen-bond donors (Lipinski definition) is 1. The zero-order chi connectivity index (χ0) is 19.2. The Balaban J connectivity index is 1.67.